The van der Waals surface area contributed by atoms with E-state index in [9.17, 15) is 4.79 Å². The van der Waals surface area contributed by atoms with E-state index in [0.717, 1.165) is 30.9 Å². The third-order valence-electron chi connectivity index (χ3n) is 4.60. The van der Waals surface area contributed by atoms with Gasteiger partial charge >= 0.3 is 0 Å². The molecule has 8 nitrogen and oxygen atoms in total. The third-order valence-corrected chi connectivity index (χ3v) is 4.83. The van der Waals surface area contributed by atoms with Gasteiger partial charge in [-0.05, 0) is 36.8 Å². The van der Waals surface area contributed by atoms with E-state index in [1.165, 1.54) is 0 Å². The number of aromatic nitrogens is 1. The highest BCUT2D eigenvalue weighted by atomic mass is 127. The van der Waals surface area contributed by atoms with Gasteiger partial charge in [0.15, 0.2) is 5.96 Å². The van der Waals surface area contributed by atoms with Crippen molar-refractivity contribution in [3.05, 3.63) is 47.7 Å². The third kappa shape index (κ3) is 6.63. The molecule has 162 valence electrons. The Hall–Kier alpha value is -2.27. The minimum absolute atomic E-state index is 0. The van der Waals surface area contributed by atoms with Crippen LogP contribution in [-0.4, -0.2) is 56.7 Å². The maximum atomic E-state index is 12.1. The Morgan fingerprint density at radius 2 is 2.23 bits per heavy atom. The summed E-state index contributed by atoms with van der Waals surface area (Å²) in [5, 5.41) is 9.87. The van der Waals surface area contributed by atoms with Crippen LogP contribution < -0.4 is 25.6 Å². The van der Waals surface area contributed by atoms with Gasteiger partial charge in [0, 0.05) is 37.4 Å². The summed E-state index contributed by atoms with van der Waals surface area (Å²) >= 11 is 6.16. The molecule has 1 aliphatic rings. The molecule has 0 radical (unpaired) electrons. The Kier molecular flexibility index (Phi) is 9.44. The van der Waals surface area contributed by atoms with Crippen LogP contribution in [0.1, 0.15) is 6.42 Å². The number of carbonyl (C=O) groups is 1. The van der Waals surface area contributed by atoms with E-state index in [4.69, 9.17) is 16.3 Å². The van der Waals surface area contributed by atoms with Crippen molar-refractivity contribution < 1.29 is 9.53 Å². The largest absolute Gasteiger partial charge is 0.495 e. The molecule has 1 amide bonds. The van der Waals surface area contributed by atoms with Crippen molar-refractivity contribution in [3.8, 4) is 5.75 Å². The van der Waals surface area contributed by atoms with Crippen molar-refractivity contribution in [2.45, 2.75) is 12.5 Å². The number of carbonyl (C=O) groups excluding carboxylic acids is 1. The number of ether oxygens (including phenoxy) is 1. The Balaban J connectivity index is 0.00000320. The fourth-order valence-corrected chi connectivity index (χ4v) is 3.37. The summed E-state index contributed by atoms with van der Waals surface area (Å²) in [7, 11) is 3.34. The second-order valence-corrected chi connectivity index (χ2v) is 7.04. The number of methoxy groups -OCH3 is 1. The first-order chi connectivity index (χ1) is 14.1. The number of nitrogens with zero attached hydrogens (tertiary/aromatic N) is 3. The Morgan fingerprint density at radius 3 is 2.93 bits per heavy atom. The molecule has 2 aromatic rings. The molecule has 10 heteroatoms. The first kappa shape index (κ1) is 24.0. The van der Waals surface area contributed by atoms with Crippen molar-refractivity contribution in [3.63, 3.8) is 0 Å². The summed E-state index contributed by atoms with van der Waals surface area (Å²) in [5.41, 5.74) is 1.63. The molecule has 3 N–H and O–H groups in total. The van der Waals surface area contributed by atoms with Gasteiger partial charge in [-0.3, -0.25) is 14.8 Å². The molecule has 1 aliphatic heterocycles. The fraction of sp³-hybridized carbons (Fsp3) is 0.350. The molecule has 1 unspecified atom stereocenters. The van der Waals surface area contributed by atoms with Gasteiger partial charge in [0.2, 0.25) is 5.91 Å². The number of pyridine rings is 1. The monoisotopic (exact) mass is 544 g/mol. The molecule has 2 heterocycles. The van der Waals surface area contributed by atoms with E-state index in [1.807, 2.05) is 18.2 Å². The number of halogens is 2. The van der Waals surface area contributed by atoms with Crippen molar-refractivity contribution in [1.82, 2.24) is 15.6 Å². The number of aliphatic imine (C=N–C) groups is 1. The molecule has 1 fully saturated rings. The van der Waals surface area contributed by atoms with Gasteiger partial charge in [-0.15, -0.1) is 24.0 Å². The molecule has 1 aromatic carbocycles. The number of amides is 1. The van der Waals surface area contributed by atoms with Gasteiger partial charge in [0.25, 0.3) is 0 Å². The van der Waals surface area contributed by atoms with Gasteiger partial charge in [0.05, 0.1) is 31.2 Å². The van der Waals surface area contributed by atoms with E-state index in [1.54, 1.807) is 38.7 Å². The van der Waals surface area contributed by atoms with Crippen LogP contribution in [0.25, 0.3) is 0 Å². The van der Waals surface area contributed by atoms with Gasteiger partial charge in [-0.2, -0.15) is 0 Å². The molecule has 0 saturated carbocycles. The highest BCUT2D eigenvalue weighted by Crippen LogP contribution is 2.33. The minimum atomic E-state index is -0.169. The lowest BCUT2D eigenvalue weighted by atomic mass is 10.2. The maximum Gasteiger partial charge on any atom is 0.243 e. The Bertz CT molecular complexity index is 868. The van der Waals surface area contributed by atoms with Gasteiger partial charge < -0.3 is 25.6 Å². The molecular weight excluding hydrogens is 519 g/mol. The van der Waals surface area contributed by atoms with E-state index in [0.29, 0.717) is 16.7 Å². The van der Waals surface area contributed by atoms with Crippen LogP contribution in [0.5, 0.6) is 5.75 Å². The SMILES string of the molecule is CN=C(NCC(=O)Nc1cccnc1)NC1CCN(c2cc(Cl)ccc2OC)C1.I. The lowest BCUT2D eigenvalue weighted by molar-refractivity contribution is -0.115. The van der Waals surface area contributed by atoms with Crippen LogP contribution in [0.3, 0.4) is 0 Å². The minimum Gasteiger partial charge on any atom is -0.495 e. The molecule has 1 aromatic heterocycles. The summed E-state index contributed by atoms with van der Waals surface area (Å²) < 4.78 is 5.46. The average molecular weight is 545 g/mol. The smallest absolute Gasteiger partial charge is 0.243 e. The molecule has 0 spiro atoms. The number of benzene rings is 1. The predicted molar refractivity (Wildman–Crippen MR) is 131 cm³/mol. The molecule has 1 saturated heterocycles. The van der Waals surface area contributed by atoms with Gasteiger partial charge in [-0.1, -0.05) is 11.6 Å². The molecular formula is C20H26ClIN6O2. The Labute approximate surface area is 198 Å². The number of hydrogen-bond donors (Lipinski definition) is 3. The zero-order valence-electron chi connectivity index (χ0n) is 16.9. The standard InChI is InChI=1S/C20H25ClN6O2.HI/c1-22-20(24-12-19(28)25-15-4-3-8-23-11-15)26-16-7-9-27(13-16)17-10-14(21)5-6-18(17)29-2;/h3-6,8,10-11,16H,7,9,12-13H2,1-2H3,(H,25,28)(H2,22,24,26);1H. The number of nitrogens with one attached hydrogen (secondary N) is 3. The van der Waals surface area contributed by atoms with Crippen molar-refractivity contribution in [1.29, 1.82) is 0 Å². The van der Waals surface area contributed by atoms with E-state index in [-0.39, 0.29) is 42.5 Å². The first-order valence-electron chi connectivity index (χ1n) is 9.34. The maximum absolute atomic E-state index is 12.1. The highest BCUT2D eigenvalue weighted by molar-refractivity contribution is 14.0. The van der Waals surface area contributed by atoms with Crippen LogP contribution in [-0.2, 0) is 4.79 Å². The van der Waals surface area contributed by atoms with Crippen LogP contribution in [0.2, 0.25) is 5.02 Å². The van der Waals surface area contributed by atoms with Crippen molar-refractivity contribution >= 4 is 58.8 Å². The zero-order valence-corrected chi connectivity index (χ0v) is 20.0. The molecule has 0 aliphatic carbocycles. The average Bonchev–Trinajstić information content (AvgIpc) is 3.20. The summed E-state index contributed by atoms with van der Waals surface area (Å²) in [4.78, 5) is 22.5. The molecule has 0 bridgehead atoms. The summed E-state index contributed by atoms with van der Waals surface area (Å²) in [6.45, 7) is 1.75. The van der Waals surface area contributed by atoms with Crippen LogP contribution in [0.15, 0.2) is 47.7 Å². The van der Waals surface area contributed by atoms with Crippen molar-refractivity contribution in [2.75, 3.05) is 44.0 Å². The summed E-state index contributed by atoms with van der Waals surface area (Å²) in [5.74, 6) is 1.21. The second kappa shape index (κ2) is 11.8. The first-order valence-corrected chi connectivity index (χ1v) is 9.72. The predicted octanol–water partition coefficient (Wildman–Crippen LogP) is 2.74. The van der Waals surface area contributed by atoms with Crippen LogP contribution in [0.4, 0.5) is 11.4 Å². The fourth-order valence-electron chi connectivity index (χ4n) is 3.20. The second-order valence-electron chi connectivity index (χ2n) is 6.61. The quantitative estimate of drug-likeness (QED) is 0.294. The van der Waals surface area contributed by atoms with Crippen LogP contribution in [0, 0.1) is 0 Å². The number of hydrogen-bond acceptors (Lipinski definition) is 5. The highest BCUT2D eigenvalue weighted by Gasteiger charge is 2.25. The van der Waals surface area contributed by atoms with E-state index >= 15 is 0 Å². The summed E-state index contributed by atoms with van der Waals surface area (Å²) in [6.07, 6.45) is 4.18. The Morgan fingerprint density at radius 1 is 1.40 bits per heavy atom. The zero-order chi connectivity index (χ0) is 20.6. The van der Waals surface area contributed by atoms with Crippen LogP contribution >= 0.6 is 35.6 Å². The lowest BCUT2D eigenvalue weighted by Gasteiger charge is -2.22. The lowest BCUT2D eigenvalue weighted by Crippen LogP contribution is -2.46. The normalized spacial score (nSPS) is 15.9. The molecule has 1 atom stereocenters. The topological polar surface area (TPSA) is 90.9 Å². The van der Waals surface area contributed by atoms with Crippen molar-refractivity contribution in [2.24, 2.45) is 4.99 Å². The molecule has 30 heavy (non-hydrogen) atoms. The van der Waals surface area contributed by atoms with E-state index < -0.39 is 0 Å². The number of guanidine groups is 1. The van der Waals surface area contributed by atoms with E-state index in [2.05, 4.69) is 30.8 Å². The molecule has 3 rings (SSSR count). The van der Waals surface area contributed by atoms with Gasteiger partial charge in [0.1, 0.15) is 5.75 Å². The number of anilines is 2. The number of rotatable bonds is 6. The summed E-state index contributed by atoms with van der Waals surface area (Å²) in [6, 6.07) is 9.35. The van der Waals surface area contributed by atoms with Gasteiger partial charge in [-0.25, -0.2) is 0 Å².